The highest BCUT2D eigenvalue weighted by molar-refractivity contribution is 6.05. The molecule has 0 saturated heterocycles. The Morgan fingerprint density at radius 3 is 2.67 bits per heavy atom. The first kappa shape index (κ1) is 8.46. The van der Waals surface area contributed by atoms with Gasteiger partial charge in [0.05, 0.1) is 6.26 Å². The molecule has 1 heterocycles. The van der Waals surface area contributed by atoms with Crippen LogP contribution in [0, 0.1) is 0 Å². The van der Waals surface area contributed by atoms with Crippen LogP contribution in [0.5, 0.6) is 0 Å². The van der Waals surface area contributed by atoms with Gasteiger partial charge < -0.3 is 4.42 Å². The van der Waals surface area contributed by atoms with Crippen molar-refractivity contribution in [2.24, 2.45) is 0 Å². The van der Waals surface area contributed by atoms with E-state index in [1.165, 1.54) is 25.3 Å². The number of carbonyl (C=O) groups excluding carboxylic acids is 2. The average molecular weight is 164 g/mol. The first-order valence-electron chi connectivity index (χ1n) is 3.46. The zero-order chi connectivity index (χ0) is 8.97. The molecule has 1 aromatic heterocycles. The lowest BCUT2D eigenvalue weighted by Crippen LogP contribution is -1.92. The molecule has 0 radical (unpaired) electrons. The summed E-state index contributed by atoms with van der Waals surface area (Å²) in [6.45, 7) is 1.38. The summed E-state index contributed by atoms with van der Waals surface area (Å²) >= 11 is 0. The van der Waals surface area contributed by atoms with E-state index in [0.717, 1.165) is 0 Å². The van der Waals surface area contributed by atoms with Crippen molar-refractivity contribution < 1.29 is 14.0 Å². The number of furan rings is 1. The van der Waals surface area contributed by atoms with Crippen LogP contribution in [0.2, 0.25) is 0 Å². The molecule has 0 N–H and O–H groups in total. The molecule has 3 nitrogen and oxygen atoms in total. The molecular weight excluding hydrogens is 156 g/mol. The van der Waals surface area contributed by atoms with Gasteiger partial charge in [-0.05, 0) is 31.2 Å². The second-order valence-electron chi connectivity index (χ2n) is 2.29. The molecule has 0 atom stereocenters. The predicted octanol–water partition coefficient (Wildman–Crippen LogP) is 1.61. The third-order valence-corrected chi connectivity index (χ3v) is 1.23. The summed E-state index contributed by atoms with van der Waals surface area (Å²) in [5.41, 5.74) is 0. The fourth-order valence-electron chi connectivity index (χ4n) is 0.694. The molecule has 1 rings (SSSR count). The second kappa shape index (κ2) is 3.67. The Morgan fingerprint density at radius 2 is 2.17 bits per heavy atom. The Labute approximate surface area is 69.7 Å². The van der Waals surface area contributed by atoms with E-state index in [0.29, 0.717) is 0 Å². The van der Waals surface area contributed by atoms with E-state index >= 15 is 0 Å². The largest absolute Gasteiger partial charge is 0.461 e. The Hall–Kier alpha value is -1.64. The number of hydrogen-bond donors (Lipinski definition) is 0. The SMILES string of the molecule is CC(=O)/C=C/C(=O)c1ccco1. The van der Waals surface area contributed by atoms with Crippen LogP contribution in [0.25, 0.3) is 0 Å². The topological polar surface area (TPSA) is 47.3 Å². The maximum atomic E-state index is 11.1. The van der Waals surface area contributed by atoms with Gasteiger partial charge in [0.2, 0.25) is 5.78 Å². The fourth-order valence-corrected chi connectivity index (χ4v) is 0.694. The third kappa shape index (κ3) is 2.20. The summed E-state index contributed by atoms with van der Waals surface area (Å²) in [5.74, 6) is -0.211. The van der Waals surface area contributed by atoms with Gasteiger partial charge in [0, 0.05) is 0 Å². The molecule has 0 aliphatic rings. The molecular formula is C9H8O3. The van der Waals surface area contributed by atoms with Gasteiger partial charge in [-0.2, -0.15) is 0 Å². The quantitative estimate of drug-likeness (QED) is 0.503. The molecule has 0 amide bonds. The third-order valence-electron chi connectivity index (χ3n) is 1.23. The minimum Gasteiger partial charge on any atom is -0.461 e. The Morgan fingerprint density at radius 1 is 1.42 bits per heavy atom. The van der Waals surface area contributed by atoms with Crippen molar-refractivity contribution in [3.8, 4) is 0 Å². The molecule has 12 heavy (non-hydrogen) atoms. The monoisotopic (exact) mass is 164 g/mol. The first-order chi connectivity index (χ1) is 5.70. The molecule has 0 unspecified atom stereocenters. The van der Waals surface area contributed by atoms with Crippen LogP contribution in [0.15, 0.2) is 35.0 Å². The maximum absolute atomic E-state index is 11.1. The predicted molar refractivity (Wildman–Crippen MR) is 42.9 cm³/mol. The Bertz CT molecular complexity index is 307. The molecule has 0 fully saturated rings. The highest BCUT2D eigenvalue weighted by atomic mass is 16.3. The normalized spacial score (nSPS) is 10.4. The van der Waals surface area contributed by atoms with Gasteiger partial charge in [-0.25, -0.2) is 0 Å². The summed E-state index contributed by atoms with van der Waals surface area (Å²) in [6.07, 6.45) is 3.82. The van der Waals surface area contributed by atoms with Crippen LogP contribution in [-0.4, -0.2) is 11.6 Å². The summed E-state index contributed by atoms with van der Waals surface area (Å²) in [5, 5.41) is 0. The Kier molecular flexibility index (Phi) is 2.58. The van der Waals surface area contributed by atoms with Gasteiger partial charge in [-0.3, -0.25) is 9.59 Å². The lowest BCUT2D eigenvalue weighted by Gasteiger charge is -1.85. The van der Waals surface area contributed by atoms with E-state index in [9.17, 15) is 9.59 Å². The number of rotatable bonds is 3. The maximum Gasteiger partial charge on any atom is 0.221 e. The van der Waals surface area contributed by atoms with Crippen LogP contribution in [-0.2, 0) is 4.79 Å². The summed E-state index contributed by atoms with van der Waals surface area (Å²) < 4.78 is 4.82. The molecule has 62 valence electrons. The molecule has 0 aliphatic carbocycles. The number of allylic oxidation sites excluding steroid dienone is 2. The molecule has 3 heteroatoms. The molecule has 0 aromatic carbocycles. The second-order valence-corrected chi connectivity index (χ2v) is 2.29. The van der Waals surface area contributed by atoms with E-state index in [1.54, 1.807) is 12.1 Å². The van der Waals surface area contributed by atoms with E-state index in [1.807, 2.05) is 0 Å². The van der Waals surface area contributed by atoms with Gasteiger partial charge in [0.1, 0.15) is 0 Å². The van der Waals surface area contributed by atoms with Crippen molar-refractivity contribution in [3.63, 3.8) is 0 Å². The summed E-state index contributed by atoms with van der Waals surface area (Å²) in [7, 11) is 0. The smallest absolute Gasteiger partial charge is 0.221 e. The van der Waals surface area contributed by atoms with Gasteiger partial charge in [0.25, 0.3) is 0 Å². The molecule has 0 aliphatic heterocycles. The van der Waals surface area contributed by atoms with Crippen molar-refractivity contribution in [1.29, 1.82) is 0 Å². The van der Waals surface area contributed by atoms with E-state index < -0.39 is 0 Å². The van der Waals surface area contributed by atoms with Gasteiger partial charge in [-0.1, -0.05) is 0 Å². The van der Waals surface area contributed by atoms with Crippen LogP contribution in [0.1, 0.15) is 17.5 Å². The van der Waals surface area contributed by atoms with E-state index in [-0.39, 0.29) is 17.3 Å². The van der Waals surface area contributed by atoms with Crippen LogP contribution in [0.3, 0.4) is 0 Å². The standard InChI is InChI=1S/C9H8O3/c1-7(10)4-5-8(11)9-3-2-6-12-9/h2-6H,1H3/b5-4+. The Balaban J connectivity index is 2.68. The zero-order valence-corrected chi connectivity index (χ0v) is 6.61. The minimum absolute atomic E-state index is 0.157. The van der Waals surface area contributed by atoms with Crippen LogP contribution < -0.4 is 0 Å². The lowest BCUT2D eigenvalue weighted by molar-refractivity contribution is -0.112. The summed E-state index contributed by atoms with van der Waals surface area (Å²) in [6, 6.07) is 3.17. The zero-order valence-electron chi connectivity index (χ0n) is 6.61. The highest BCUT2D eigenvalue weighted by Crippen LogP contribution is 2.01. The lowest BCUT2D eigenvalue weighted by atomic mass is 10.2. The molecule has 0 saturated carbocycles. The van der Waals surface area contributed by atoms with Crippen LogP contribution >= 0.6 is 0 Å². The fraction of sp³-hybridized carbons (Fsp3) is 0.111. The summed E-state index contributed by atoms with van der Waals surface area (Å²) in [4.78, 5) is 21.5. The van der Waals surface area contributed by atoms with Crippen molar-refractivity contribution in [2.75, 3.05) is 0 Å². The number of carbonyl (C=O) groups is 2. The van der Waals surface area contributed by atoms with Crippen molar-refractivity contribution >= 4 is 11.6 Å². The first-order valence-corrected chi connectivity index (χ1v) is 3.46. The van der Waals surface area contributed by atoms with E-state index in [4.69, 9.17) is 4.42 Å². The van der Waals surface area contributed by atoms with Gasteiger partial charge in [0.15, 0.2) is 11.5 Å². The number of ketones is 2. The van der Waals surface area contributed by atoms with Crippen molar-refractivity contribution in [2.45, 2.75) is 6.92 Å². The minimum atomic E-state index is -0.296. The average Bonchev–Trinajstić information content (AvgIpc) is 2.51. The van der Waals surface area contributed by atoms with Crippen molar-refractivity contribution in [1.82, 2.24) is 0 Å². The molecule has 0 bridgehead atoms. The molecule has 0 spiro atoms. The molecule has 1 aromatic rings. The number of hydrogen-bond acceptors (Lipinski definition) is 3. The van der Waals surface area contributed by atoms with Crippen molar-refractivity contribution in [3.05, 3.63) is 36.3 Å². The highest BCUT2D eigenvalue weighted by Gasteiger charge is 2.03. The van der Waals surface area contributed by atoms with E-state index in [2.05, 4.69) is 0 Å². The van der Waals surface area contributed by atoms with Gasteiger partial charge in [-0.15, -0.1) is 0 Å². The van der Waals surface area contributed by atoms with Gasteiger partial charge >= 0.3 is 0 Å². The van der Waals surface area contributed by atoms with Crippen LogP contribution in [0.4, 0.5) is 0 Å².